The van der Waals surface area contributed by atoms with Gasteiger partial charge in [0.25, 0.3) is 0 Å². The van der Waals surface area contributed by atoms with E-state index in [1.807, 2.05) is 44.7 Å². The van der Waals surface area contributed by atoms with Crippen molar-refractivity contribution in [2.75, 3.05) is 12.8 Å². The highest BCUT2D eigenvalue weighted by Gasteiger charge is 2.25. The number of rotatable bonds is 4. The number of anilines is 1. The lowest BCUT2D eigenvalue weighted by Crippen LogP contribution is -2.33. The highest BCUT2D eigenvalue weighted by atomic mass is 32.2. The summed E-state index contributed by atoms with van der Waals surface area (Å²) >= 11 is 1.88. The fourth-order valence-corrected chi connectivity index (χ4v) is 3.02. The molecule has 21 heavy (non-hydrogen) atoms. The van der Waals surface area contributed by atoms with E-state index in [4.69, 9.17) is 10.5 Å². The van der Waals surface area contributed by atoms with E-state index in [0.717, 1.165) is 16.5 Å². The van der Waals surface area contributed by atoms with E-state index < -0.39 is 5.60 Å². The fourth-order valence-electron chi connectivity index (χ4n) is 1.86. The van der Waals surface area contributed by atoms with E-state index in [1.54, 1.807) is 11.9 Å². The summed E-state index contributed by atoms with van der Waals surface area (Å²) in [6.07, 6.45) is 2.24. The van der Waals surface area contributed by atoms with E-state index in [-0.39, 0.29) is 6.09 Å². The summed E-state index contributed by atoms with van der Waals surface area (Å²) in [6, 6.07) is 5.92. The number of carbonyl (C=O) groups is 1. The molecule has 1 aromatic rings. The highest BCUT2D eigenvalue weighted by molar-refractivity contribution is 8.00. The van der Waals surface area contributed by atoms with Gasteiger partial charge in [0, 0.05) is 29.4 Å². The maximum absolute atomic E-state index is 12.1. The monoisotopic (exact) mass is 308 g/mol. The van der Waals surface area contributed by atoms with Crippen LogP contribution in [-0.4, -0.2) is 28.9 Å². The van der Waals surface area contributed by atoms with Crippen molar-refractivity contribution in [3.05, 3.63) is 23.8 Å². The Morgan fingerprint density at radius 2 is 2.10 bits per heavy atom. The van der Waals surface area contributed by atoms with Crippen LogP contribution in [0, 0.1) is 0 Å². The average Bonchev–Trinajstić information content (AvgIpc) is 3.14. The number of nitrogens with zero attached hydrogens (tertiary/aromatic N) is 1. The Morgan fingerprint density at radius 1 is 1.43 bits per heavy atom. The van der Waals surface area contributed by atoms with E-state index in [0.29, 0.717) is 6.54 Å². The lowest BCUT2D eigenvalue weighted by atomic mass is 10.2. The van der Waals surface area contributed by atoms with Crippen molar-refractivity contribution in [2.24, 2.45) is 0 Å². The molecule has 1 amide bonds. The minimum atomic E-state index is -0.480. The van der Waals surface area contributed by atoms with Gasteiger partial charge in [-0.05, 0) is 57.4 Å². The van der Waals surface area contributed by atoms with Crippen molar-refractivity contribution in [1.82, 2.24) is 4.90 Å². The van der Waals surface area contributed by atoms with Gasteiger partial charge < -0.3 is 15.4 Å². The third-order valence-corrected chi connectivity index (χ3v) is 4.47. The van der Waals surface area contributed by atoms with Gasteiger partial charge in [-0.1, -0.05) is 0 Å². The Kier molecular flexibility index (Phi) is 4.71. The van der Waals surface area contributed by atoms with Gasteiger partial charge in [-0.15, -0.1) is 11.8 Å². The van der Waals surface area contributed by atoms with Crippen LogP contribution in [0.15, 0.2) is 23.1 Å². The van der Waals surface area contributed by atoms with Crippen molar-refractivity contribution < 1.29 is 9.53 Å². The van der Waals surface area contributed by atoms with Crippen molar-refractivity contribution >= 4 is 23.5 Å². The fraction of sp³-hybridized carbons (Fsp3) is 0.562. The first-order valence-corrected chi connectivity index (χ1v) is 8.12. The average molecular weight is 308 g/mol. The smallest absolute Gasteiger partial charge is 0.410 e. The van der Waals surface area contributed by atoms with E-state index >= 15 is 0 Å². The largest absolute Gasteiger partial charge is 0.444 e. The van der Waals surface area contributed by atoms with Gasteiger partial charge >= 0.3 is 6.09 Å². The first-order valence-electron chi connectivity index (χ1n) is 7.24. The molecule has 2 N–H and O–H groups in total. The van der Waals surface area contributed by atoms with Gasteiger partial charge in [0.15, 0.2) is 0 Å². The number of ether oxygens (including phenoxy) is 1. The Hall–Kier alpha value is -1.36. The maximum Gasteiger partial charge on any atom is 0.410 e. The predicted octanol–water partition coefficient (Wildman–Crippen LogP) is 3.89. The molecule has 0 saturated heterocycles. The van der Waals surface area contributed by atoms with Crippen LogP contribution in [-0.2, 0) is 11.3 Å². The molecule has 4 nitrogen and oxygen atoms in total. The van der Waals surface area contributed by atoms with Crippen LogP contribution in [0.3, 0.4) is 0 Å². The van der Waals surface area contributed by atoms with Crippen LogP contribution in [0.2, 0.25) is 0 Å². The minimum Gasteiger partial charge on any atom is -0.444 e. The van der Waals surface area contributed by atoms with Gasteiger partial charge in [-0.3, -0.25) is 0 Å². The molecule has 0 bridgehead atoms. The Balaban J connectivity index is 2.06. The topological polar surface area (TPSA) is 55.6 Å². The Morgan fingerprint density at radius 3 is 2.67 bits per heavy atom. The molecule has 1 aliphatic rings. The maximum atomic E-state index is 12.1. The van der Waals surface area contributed by atoms with E-state index in [1.165, 1.54) is 17.7 Å². The van der Waals surface area contributed by atoms with Crippen LogP contribution >= 0.6 is 11.8 Å². The number of carbonyl (C=O) groups excluding carboxylic acids is 1. The predicted molar refractivity (Wildman–Crippen MR) is 87.4 cm³/mol. The first kappa shape index (κ1) is 16.0. The quantitative estimate of drug-likeness (QED) is 0.857. The number of thioether (sulfide) groups is 1. The number of nitrogen functional groups attached to an aromatic ring is 1. The third-order valence-electron chi connectivity index (χ3n) is 3.02. The van der Waals surface area contributed by atoms with Gasteiger partial charge in [-0.2, -0.15) is 0 Å². The van der Waals surface area contributed by atoms with Crippen molar-refractivity contribution in [3.63, 3.8) is 0 Å². The normalized spacial score (nSPS) is 14.9. The second kappa shape index (κ2) is 6.18. The van der Waals surface area contributed by atoms with Gasteiger partial charge in [-0.25, -0.2) is 4.79 Å². The Labute approximate surface area is 131 Å². The molecule has 1 aliphatic carbocycles. The molecule has 1 aromatic carbocycles. The summed E-state index contributed by atoms with van der Waals surface area (Å²) in [4.78, 5) is 14.9. The molecular formula is C16H24N2O2S. The van der Waals surface area contributed by atoms with Crippen LogP contribution in [0.4, 0.5) is 10.5 Å². The molecule has 2 rings (SSSR count). The molecule has 1 fully saturated rings. The number of hydrogen-bond donors (Lipinski definition) is 1. The highest BCUT2D eigenvalue weighted by Crippen LogP contribution is 2.41. The van der Waals surface area contributed by atoms with Crippen LogP contribution in [0.25, 0.3) is 0 Å². The molecule has 0 radical (unpaired) electrons. The van der Waals surface area contributed by atoms with Crippen molar-refractivity contribution in [1.29, 1.82) is 0 Å². The van der Waals surface area contributed by atoms with Crippen molar-refractivity contribution in [2.45, 2.75) is 55.9 Å². The minimum absolute atomic E-state index is 0.313. The molecule has 5 heteroatoms. The summed E-state index contributed by atoms with van der Waals surface area (Å²) in [5, 5.41) is 0.721. The molecule has 116 valence electrons. The molecule has 0 spiro atoms. The lowest BCUT2D eigenvalue weighted by Gasteiger charge is -2.25. The zero-order valence-electron chi connectivity index (χ0n) is 13.2. The first-order chi connectivity index (χ1) is 9.74. The van der Waals surface area contributed by atoms with E-state index in [2.05, 4.69) is 6.07 Å². The summed E-state index contributed by atoms with van der Waals surface area (Å²) in [5.41, 5.74) is 7.21. The van der Waals surface area contributed by atoms with Gasteiger partial charge in [0.2, 0.25) is 0 Å². The number of nitrogens with two attached hydrogens (primary N) is 1. The van der Waals surface area contributed by atoms with Crippen LogP contribution < -0.4 is 5.73 Å². The summed E-state index contributed by atoms with van der Waals surface area (Å²) < 4.78 is 5.38. The third kappa shape index (κ3) is 5.16. The van der Waals surface area contributed by atoms with E-state index in [9.17, 15) is 4.79 Å². The molecular weight excluding hydrogens is 284 g/mol. The van der Waals surface area contributed by atoms with Gasteiger partial charge in [0.05, 0.1) is 0 Å². The summed E-state index contributed by atoms with van der Waals surface area (Å²) in [5.74, 6) is 0. The second-order valence-electron chi connectivity index (χ2n) is 6.52. The molecule has 0 aliphatic heterocycles. The molecule has 1 saturated carbocycles. The number of amides is 1. The molecule has 0 atom stereocenters. The zero-order valence-corrected chi connectivity index (χ0v) is 14.0. The van der Waals surface area contributed by atoms with Crippen LogP contribution in [0.1, 0.15) is 39.2 Å². The second-order valence-corrected chi connectivity index (χ2v) is 7.86. The molecule has 0 unspecified atom stereocenters. The lowest BCUT2D eigenvalue weighted by molar-refractivity contribution is 0.0284. The van der Waals surface area contributed by atoms with Crippen molar-refractivity contribution in [3.8, 4) is 0 Å². The SMILES string of the molecule is CN(Cc1cc(N)ccc1SC1CC1)C(=O)OC(C)(C)C. The molecule has 0 aromatic heterocycles. The van der Waals surface area contributed by atoms with Crippen LogP contribution in [0.5, 0.6) is 0 Å². The number of hydrogen-bond acceptors (Lipinski definition) is 4. The number of benzene rings is 1. The van der Waals surface area contributed by atoms with Gasteiger partial charge in [0.1, 0.15) is 5.60 Å². The summed E-state index contributed by atoms with van der Waals surface area (Å²) in [7, 11) is 1.75. The standard InChI is InChI=1S/C16H24N2O2S/c1-16(2,3)20-15(19)18(4)10-11-9-12(17)5-8-14(11)21-13-6-7-13/h5,8-9,13H,6-7,10,17H2,1-4H3. The summed E-state index contributed by atoms with van der Waals surface area (Å²) in [6.45, 7) is 6.11. The molecule has 0 heterocycles. The zero-order chi connectivity index (χ0) is 15.6. The Bertz CT molecular complexity index is 521.